The highest BCUT2D eigenvalue weighted by molar-refractivity contribution is 7.98. The molecule has 0 aliphatic rings. The van der Waals surface area contributed by atoms with Gasteiger partial charge in [0.1, 0.15) is 5.56 Å². The maximum Gasteiger partial charge on any atom is 0.267 e. The average molecular weight is 194 g/mol. The van der Waals surface area contributed by atoms with Gasteiger partial charge in [-0.2, -0.15) is 0 Å². The Morgan fingerprint density at radius 3 is 3.00 bits per heavy atom. The molecule has 1 aromatic heterocycles. The highest BCUT2D eigenvalue weighted by atomic mass is 32.2. The molecule has 66 valence electrons. The van der Waals surface area contributed by atoms with E-state index < -0.39 is 0 Å². The van der Waals surface area contributed by atoms with Gasteiger partial charge in [0, 0.05) is 0 Å². The number of aromatic amines is 1. The molecule has 0 radical (unpaired) electrons. The minimum absolute atomic E-state index is 0.199. The fourth-order valence-electron chi connectivity index (χ4n) is 0.679. The maximum atomic E-state index is 11.2. The first kappa shape index (κ1) is 9.55. The summed E-state index contributed by atoms with van der Waals surface area (Å²) in [6.07, 6.45) is 3.58. The second-order valence-corrected chi connectivity index (χ2v) is 2.82. The van der Waals surface area contributed by atoms with Crippen LogP contribution in [0.3, 0.4) is 0 Å². The summed E-state index contributed by atoms with van der Waals surface area (Å²) < 4.78 is 0. The van der Waals surface area contributed by atoms with Gasteiger partial charge in [0.05, 0.1) is 6.20 Å². The third kappa shape index (κ3) is 2.46. The zero-order chi connectivity index (χ0) is 9.68. The standard InChI is InChI=1S/C8H6N2O2S/c1-13-8-9-5-6(3-2-4-11)7(12)10-8/h4-5H,1H3,(H,9,10,12). The van der Waals surface area contributed by atoms with Crippen LogP contribution in [0.4, 0.5) is 0 Å². The maximum absolute atomic E-state index is 11.2. The molecule has 1 N–H and O–H groups in total. The monoisotopic (exact) mass is 194 g/mol. The molecule has 0 aliphatic heterocycles. The number of H-pyrrole nitrogens is 1. The molecule has 0 unspecified atom stereocenters. The summed E-state index contributed by atoms with van der Waals surface area (Å²) in [4.78, 5) is 27.5. The Balaban J connectivity index is 3.13. The summed E-state index contributed by atoms with van der Waals surface area (Å²) in [6.45, 7) is 0. The van der Waals surface area contributed by atoms with Gasteiger partial charge in [-0.15, -0.1) is 0 Å². The van der Waals surface area contributed by atoms with Crippen molar-refractivity contribution in [3.8, 4) is 11.8 Å². The second kappa shape index (κ2) is 4.48. The van der Waals surface area contributed by atoms with E-state index in [0.29, 0.717) is 11.4 Å². The van der Waals surface area contributed by atoms with E-state index in [9.17, 15) is 9.59 Å². The van der Waals surface area contributed by atoms with E-state index in [-0.39, 0.29) is 11.1 Å². The van der Waals surface area contributed by atoms with Gasteiger partial charge in [0.25, 0.3) is 5.56 Å². The molecule has 0 aromatic carbocycles. The number of aldehydes is 1. The van der Waals surface area contributed by atoms with Crippen molar-refractivity contribution >= 4 is 18.0 Å². The molecule has 0 fully saturated rings. The van der Waals surface area contributed by atoms with Gasteiger partial charge in [-0.1, -0.05) is 17.7 Å². The van der Waals surface area contributed by atoms with E-state index in [2.05, 4.69) is 21.8 Å². The van der Waals surface area contributed by atoms with Crippen LogP contribution in [0.15, 0.2) is 16.1 Å². The quantitative estimate of drug-likeness (QED) is 0.297. The normalized spacial score (nSPS) is 8.69. The van der Waals surface area contributed by atoms with Crippen molar-refractivity contribution in [2.75, 3.05) is 6.26 Å². The molecule has 1 heterocycles. The van der Waals surface area contributed by atoms with Crippen LogP contribution in [0.2, 0.25) is 0 Å². The smallest absolute Gasteiger partial charge is 0.267 e. The summed E-state index contributed by atoms with van der Waals surface area (Å²) in [5, 5.41) is 0.529. The lowest BCUT2D eigenvalue weighted by atomic mass is 10.3. The Bertz CT molecular complexity index is 428. The first-order chi connectivity index (χ1) is 6.27. The molecule has 1 aromatic rings. The van der Waals surface area contributed by atoms with Crippen molar-refractivity contribution in [1.29, 1.82) is 0 Å². The zero-order valence-electron chi connectivity index (χ0n) is 6.83. The van der Waals surface area contributed by atoms with Crippen LogP contribution in [0.1, 0.15) is 5.56 Å². The molecular weight excluding hydrogens is 188 g/mol. The number of hydrogen-bond acceptors (Lipinski definition) is 4. The summed E-state index contributed by atoms with van der Waals surface area (Å²) in [5.41, 5.74) is -0.126. The summed E-state index contributed by atoms with van der Waals surface area (Å²) >= 11 is 1.33. The molecular formula is C8H6N2O2S. The Hall–Kier alpha value is -1.54. The lowest BCUT2D eigenvalue weighted by molar-refractivity contribution is -0.103. The van der Waals surface area contributed by atoms with Crippen molar-refractivity contribution in [2.24, 2.45) is 0 Å². The molecule has 1 rings (SSSR count). The predicted molar refractivity (Wildman–Crippen MR) is 49.6 cm³/mol. The molecule has 5 heteroatoms. The average Bonchev–Trinajstić information content (AvgIpc) is 2.16. The van der Waals surface area contributed by atoms with Gasteiger partial charge in [-0.25, -0.2) is 4.98 Å². The summed E-state index contributed by atoms with van der Waals surface area (Å²) in [6, 6.07) is 0. The molecule has 0 amide bonds. The van der Waals surface area contributed by atoms with Crippen LogP contribution in [-0.4, -0.2) is 22.5 Å². The van der Waals surface area contributed by atoms with Gasteiger partial charge < -0.3 is 4.98 Å². The highest BCUT2D eigenvalue weighted by Crippen LogP contribution is 2.03. The third-order valence-electron chi connectivity index (χ3n) is 1.24. The van der Waals surface area contributed by atoms with Crippen LogP contribution < -0.4 is 5.56 Å². The lowest BCUT2D eigenvalue weighted by Crippen LogP contribution is -2.11. The second-order valence-electron chi connectivity index (χ2n) is 2.02. The van der Waals surface area contributed by atoms with E-state index in [1.54, 1.807) is 6.26 Å². The van der Waals surface area contributed by atoms with Gasteiger partial charge in [-0.3, -0.25) is 9.59 Å². The predicted octanol–water partition coefficient (Wildman–Crippen LogP) is 0.0422. The Morgan fingerprint density at radius 1 is 1.69 bits per heavy atom. The van der Waals surface area contributed by atoms with Crippen molar-refractivity contribution in [3.05, 3.63) is 22.1 Å². The fourth-order valence-corrected chi connectivity index (χ4v) is 1.03. The molecule has 0 bridgehead atoms. The highest BCUT2D eigenvalue weighted by Gasteiger charge is 1.97. The molecule has 0 saturated heterocycles. The van der Waals surface area contributed by atoms with E-state index in [1.165, 1.54) is 18.0 Å². The van der Waals surface area contributed by atoms with E-state index in [4.69, 9.17) is 0 Å². The number of nitrogens with one attached hydrogen (secondary N) is 1. The minimum Gasteiger partial charge on any atom is -0.300 e. The zero-order valence-corrected chi connectivity index (χ0v) is 7.64. The third-order valence-corrected chi connectivity index (χ3v) is 1.83. The van der Waals surface area contributed by atoms with Crippen LogP contribution >= 0.6 is 11.8 Å². The van der Waals surface area contributed by atoms with Crippen LogP contribution in [0.25, 0.3) is 0 Å². The van der Waals surface area contributed by atoms with Gasteiger partial charge in [0.2, 0.25) is 0 Å². The van der Waals surface area contributed by atoms with Crippen molar-refractivity contribution in [3.63, 3.8) is 0 Å². The van der Waals surface area contributed by atoms with E-state index in [0.717, 1.165) is 0 Å². The summed E-state index contributed by atoms with van der Waals surface area (Å²) in [5.74, 6) is 4.53. The van der Waals surface area contributed by atoms with Crippen molar-refractivity contribution in [1.82, 2.24) is 9.97 Å². The van der Waals surface area contributed by atoms with E-state index >= 15 is 0 Å². The molecule has 13 heavy (non-hydrogen) atoms. The fraction of sp³-hybridized carbons (Fsp3) is 0.125. The number of rotatable bonds is 1. The number of carbonyl (C=O) groups is 1. The first-order valence-electron chi connectivity index (χ1n) is 3.36. The minimum atomic E-state index is -0.325. The topological polar surface area (TPSA) is 62.8 Å². The molecule has 0 atom stereocenters. The molecule has 0 spiro atoms. The van der Waals surface area contributed by atoms with E-state index in [1.807, 2.05) is 0 Å². The molecule has 4 nitrogen and oxygen atoms in total. The number of aromatic nitrogens is 2. The molecule has 0 aliphatic carbocycles. The SMILES string of the molecule is CSc1ncc(C#CC=O)c(=O)[nH]1. The Kier molecular flexibility index (Phi) is 3.29. The van der Waals surface area contributed by atoms with Crippen LogP contribution in [0.5, 0.6) is 0 Å². The number of thioether (sulfide) groups is 1. The van der Waals surface area contributed by atoms with Gasteiger partial charge in [-0.05, 0) is 12.2 Å². The van der Waals surface area contributed by atoms with Gasteiger partial charge in [0.15, 0.2) is 11.4 Å². The van der Waals surface area contributed by atoms with Crippen molar-refractivity contribution < 1.29 is 4.79 Å². The summed E-state index contributed by atoms with van der Waals surface area (Å²) in [7, 11) is 0. The van der Waals surface area contributed by atoms with Gasteiger partial charge >= 0.3 is 0 Å². The molecule has 0 saturated carbocycles. The largest absolute Gasteiger partial charge is 0.300 e. The number of hydrogen-bond donors (Lipinski definition) is 1. The van der Waals surface area contributed by atoms with Crippen LogP contribution in [-0.2, 0) is 4.79 Å². The van der Waals surface area contributed by atoms with Crippen molar-refractivity contribution in [2.45, 2.75) is 5.16 Å². The van der Waals surface area contributed by atoms with Crippen LogP contribution in [0, 0.1) is 11.8 Å². The Labute approximate surface area is 78.8 Å². The number of nitrogens with zero attached hydrogens (tertiary/aromatic N) is 1. The lowest BCUT2D eigenvalue weighted by Gasteiger charge is -1.93. The number of carbonyl (C=O) groups excluding carboxylic acids is 1. The first-order valence-corrected chi connectivity index (χ1v) is 4.59. The Morgan fingerprint density at radius 2 is 2.46 bits per heavy atom.